The van der Waals surface area contributed by atoms with E-state index in [1.54, 1.807) is 30.9 Å². The number of aromatic nitrogens is 5. The highest BCUT2D eigenvalue weighted by Gasteiger charge is 2.07. The molecule has 0 fully saturated rings. The number of nitrogens with zero attached hydrogens (tertiary/aromatic N) is 5. The third-order valence-corrected chi connectivity index (χ3v) is 3.93. The number of amides is 1. The lowest BCUT2D eigenvalue weighted by Gasteiger charge is -2.10. The number of imidazole rings is 1. The molecule has 0 aliphatic heterocycles. The van der Waals surface area contributed by atoms with Crippen molar-refractivity contribution < 1.29 is 4.79 Å². The largest absolute Gasteiger partial charge is 0.340 e. The Morgan fingerprint density at radius 2 is 1.82 bits per heavy atom. The molecule has 1 amide bonds. The van der Waals surface area contributed by atoms with E-state index in [9.17, 15) is 4.79 Å². The molecule has 0 bridgehead atoms. The standard InChI is InChI=1S/C20H17N7O/c1-14-23-18(11-19(24-14)27-10-9-22-13-27)25-16-4-6-17(7-5-16)26-20(28)15-3-2-8-21-12-15/h2-13H,1H3,(H,26,28)(H,23,24,25). The van der Waals surface area contributed by atoms with Gasteiger partial charge in [-0.05, 0) is 43.3 Å². The van der Waals surface area contributed by atoms with Crippen LogP contribution in [0.3, 0.4) is 0 Å². The lowest BCUT2D eigenvalue weighted by Crippen LogP contribution is -2.11. The van der Waals surface area contributed by atoms with E-state index < -0.39 is 0 Å². The van der Waals surface area contributed by atoms with Gasteiger partial charge in [0.2, 0.25) is 0 Å². The normalized spacial score (nSPS) is 10.5. The topological polar surface area (TPSA) is 97.6 Å². The molecule has 3 aromatic heterocycles. The second-order valence-corrected chi connectivity index (χ2v) is 6.03. The van der Waals surface area contributed by atoms with Crippen LogP contribution in [0.1, 0.15) is 16.2 Å². The average molecular weight is 371 g/mol. The van der Waals surface area contributed by atoms with E-state index in [1.807, 2.05) is 48.0 Å². The molecule has 1 aromatic carbocycles. The van der Waals surface area contributed by atoms with E-state index in [0.29, 0.717) is 22.9 Å². The molecule has 0 atom stereocenters. The first-order valence-corrected chi connectivity index (χ1v) is 8.60. The van der Waals surface area contributed by atoms with E-state index in [-0.39, 0.29) is 5.91 Å². The summed E-state index contributed by atoms with van der Waals surface area (Å²) in [7, 11) is 0. The van der Waals surface area contributed by atoms with Crippen LogP contribution in [0.25, 0.3) is 5.82 Å². The average Bonchev–Trinajstić information content (AvgIpc) is 3.25. The predicted octanol–water partition coefficient (Wildman–Crippen LogP) is 3.36. The van der Waals surface area contributed by atoms with Crippen molar-refractivity contribution in [1.29, 1.82) is 0 Å². The summed E-state index contributed by atoms with van der Waals surface area (Å²) in [4.78, 5) is 29.0. The molecule has 0 aliphatic carbocycles. The van der Waals surface area contributed by atoms with Gasteiger partial charge in [-0.1, -0.05) is 0 Å². The predicted molar refractivity (Wildman–Crippen MR) is 106 cm³/mol. The van der Waals surface area contributed by atoms with Crippen LogP contribution in [-0.2, 0) is 0 Å². The number of pyridine rings is 1. The highest BCUT2D eigenvalue weighted by molar-refractivity contribution is 6.04. The van der Waals surface area contributed by atoms with Gasteiger partial charge in [-0.25, -0.2) is 15.0 Å². The van der Waals surface area contributed by atoms with Crippen molar-refractivity contribution in [2.24, 2.45) is 0 Å². The van der Waals surface area contributed by atoms with E-state index in [2.05, 4.69) is 30.6 Å². The molecule has 0 saturated heterocycles. The molecule has 0 unspecified atom stereocenters. The van der Waals surface area contributed by atoms with Crippen LogP contribution in [0.15, 0.2) is 73.6 Å². The van der Waals surface area contributed by atoms with Gasteiger partial charge >= 0.3 is 0 Å². The van der Waals surface area contributed by atoms with E-state index >= 15 is 0 Å². The zero-order valence-corrected chi connectivity index (χ0v) is 15.1. The Labute approximate surface area is 161 Å². The molecule has 28 heavy (non-hydrogen) atoms. The van der Waals surface area contributed by atoms with Gasteiger partial charge in [-0.15, -0.1) is 0 Å². The van der Waals surface area contributed by atoms with Crippen LogP contribution < -0.4 is 10.6 Å². The molecule has 8 heteroatoms. The molecule has 138 valence electrons. The smallest absolute Gasteiger partial charge is 0.257 e. The summed E-state index contributed by atoms with van der Waals surface area (Å²) in [5.41, 5.74) is 2.04. The fourth-order valence-electron chi connectivity index (χ4n) is 2.63. The lowest BCUT2D eigenvalue weighted by atomic mass is 10.2. The van der Waals surface area contributed by atoms with Gasteiger partial charge in [-0.2, -0.15) is 0 Å². The van der Waals surface area contributed by atoms with Gasteiger partial charge in [0.05, 0.1) is 5.56 Å². The van der Waals surface area contributed by atoms with Crippen LogP contribution in [0.5, 0.6) is 0 Å². The number of nitrogens with one attached hydrogen (secondary N) is 2. The van der Waals surface area contributed by atoms with Gasteiger partial charge in [-0.3, -0.25) is 14.3 Å². The fraction of sp³-hybridized carbons (Fsp3) is 0.0500. The number of carbonyl (C=O) groups is 1. The SMILES string of the molecule is Cc1nc(Nc2ccc(NC(=O)c3cccnc3)cc2)cc(-n2ccnc2)n1. The Kier molecular flexibility index (Phi) is 4.75. The van der Waals surface area contributed by atoms with Crippen molar-refractivity contribution in [2.75, 3.05) is 10.6 Å². The Hall–Kier alpha value is -4.07. The van der Waals surface area contributed by atoms with Crippen LogP contribution in [0.4, 0.5) is 17.2 Å². The van der Waals surface area contributed by atoms with E-state index in [1.165, 1.54) is 6.20 Å². The van der Waals surface area contributed by atoms with Gasteiger partial charge in [0.25, 0.3) is 5.91 Å². The zero-order valence-electron chi connectivity index (χ0n) is 15.1. The first kappa shape index (κ1) is 17.3. The Bertz CT molecular complexity index is 1080. The second kappa shape index (κ2) is 7.67. The van der Waals surface area contributed by atoms with Gasteiger partial charge in [0, 0.05) is 42.2 Å². The third kappa shape index (κ3) is 4.01. The maximum atomic E-state index is 12.2. The molecule has 3 heterocycles. The number of aryl methyl sites for hydroxylation is 1. The van der Waals surface area contributed by atoms with Gasteiger partial charge in [0.1, 0.15) is 23.8 Å². The number of hydrogen-bond donors (Lipinski definition) is 2. The first-order valence-electron chi connectivity index (χ1n) is 8.60. The zero-order chi connectivity index (χ0) is 19.3. The molecular weight excluding hydrogens is 354 g/mol. The van der Waals surface area contributed by atoms with Gasteiger partial charge < -0.3 is 10.6 Å². The number of carbonyl (C=O) groups excluding carboxylic acids is 1. The quantitative estimate of drug-likeness (QED) is 0.558. The second-order valence-electron chi connectivity index (χ2n) is 6.03. The molecule has 0 spiro atoms. The Balaban J connectivity index is 1.47. The maximum Gasteiger partial charge on any atom is 0.257 e. The van der Waals surface area contributed by atoms with Crippen molar-refractivity contribution in [1.82, 2.24) is 24.5 Å². The molecule has 2 N–H and O–H groups in total. The Morgan fingerprint density at radius 3 is 2.54 bits per heavy atom. The van der Waals surface area contributed by atoms with Crippen LogP contribution >= 0.6 is 0 Å². The molecule has 0 saturated carbocycles. The summed E-state index contributed by atoms with van der Waals surface area (Å²) >= 11 is 0. The number of hydrogen-bond acceptors (Lipinski definition) is 6. The van der Waals surface area contributed by atoms with E-state index in [0.717, 1.165) is 11.5 Å². The molecule has 4 aromatic rings. The molecule has 4 rings (SSSR count). The third-order valence-electron chi connectivity index (χ3n) is 3.93. The summed E-state index contributed by atoms with van der Waals surface area (Å²) in [6.45, 7) is 1.84. The van der Waals surface area contributed by atoms with Gasteiger partial charge in [0.15, 0.2) is 0 Å². The molecule has 8 nitrogen and oxygen atoms in total. The summed E-state index contributed by atoms with van der Waals surface area (Å²) in [6.07, 6.45) is 8.37. The molecular formula is C20H17N7O. The van der Waals surface area contributed by atoms with Crippen molar-refractivity contribution in [3.63, 3.8) is 0 Å². The first-order chi connectivity index (χ1) is 13.7. The summed E-state index contributed by atoms with van der Waals surface area (Å²) in [6, 6.07) is 12.7. The summed E-state index contributed by atoms with van der Waals surface area (Å²) in [5, 5.41) is 6.10. The van der Waals surface area contributed by atoms with Crippen LogP contribution in [-0.4, -0.2) is 30.4 Å². The van der Waals surface area contributed by atoms with E-state index in [4.69, 9.17) is 0 Å². The molecule has 0 aliphatic rings. The maximum absolute atomic E-state index is 12.2. The summed E-state index contributed by atoms with van der Waals surface area (Å²) in [5.74, 6) is 1.84. The minimum Gasteiger partial charge on any atom is -0.340 e. The minimum atomic E-state index is -0.204. The van der Waals surface area contributed by atoms with Crippen molar-refractivity contribution in [2.45, 2.75) is 6.92 Å². The highest BCUT2D eigenvalue weighted by atomic mass is 16.1. The number of rotatable bonds is 5. The summed E-state index contributed by atoms with van der Waals surface area (Å²) < 4.78 is 1.82. The van der Waals surface area contributed by atoms with Crippen LogP contribution in [0, 0.1) is 6.92 Å². The number of anilines is 3. The van der Waals surface area contributed by atoms with Crippen LogP contribution in [0.2, 0.25) is 0 Å². The molecule has 0 radical (unpaired) electrons. The Morgan fingerprint density at radius 1 is 1.00 bits per heavy atom. The lowest BCUT2D eigenvalue weighted by molar-refractivity contribution is 0.102. The van der Waals surface area contributed by atoms with Crippen molar-refractivity contribution >= 4 is 23.1 Å². The number of benzene rings is 1. The van der Waals surface area contributed by atoms with Crippen molar-refractivity contribution in [3.05, 3.63) is 85.0 Å². The fourth-order valence-corrected chi connectivity index (χ4v) is 2.63. The highest BCUT2D eigenvalue weighted by Crippen LogP contribution is 2.19. The van der Waals surface area contributed by atoms with Crippen molar-refractivity contribution in [3.8, 4) is 5.82 Å². The minimum absolute atomic E-state index is 0.204. The monoisotopic (exact) mass is 371 g/mol.